The molecule has 0 aromatic heterocycles. The minimum atomic E-state index is -3.69. The monoisotopic (exact) mass is 216 g/mol. The van der Waals surface area contributed by atoms with Crippen molar-refractivity contribution in [3.8, 4) is 11.5 Å². The summed E-state index contributed by atoms with van der Waals surface area (Å²) in [6.45, 7) is -0.684. The van der Waals surface area contributed by atoms with E-state index in [1.54, 1.807) is 0 Å². The molecule has 80 valence electrons. The molecule has 0 amide bonds. The molecule has 0 saturated heterocycles. The van der Waals surface area contributed by atoms with E-state index in [2.05, 4.69) is 9.47 Å². The number of ether oxygens (including phenoxy) is 2. The molecule has 0 saturated carbocycles. The van der Waals surface area contributed by atoms with Gasteiger partial charge in [0.2, 0.25) is 0 Å². The van der Waals surface area contributed by atoms with Gasteiger partial charge in [-0.25, -0.2) is 0 Å². The molecule has 1 aromatic rings. The molecule has 0 spiro atoms. The predicted molar refractivity (Wildman–Crippen MR) is 44.1 cm³/mol. The molecule has 0 bridgehead atoms. The van der Waals surface area contributed by atoms with Crippen LogP contribution in [-0.2, 0) is 0 Å². The minimum Gasteiger partial charge on any atom is -0.395 e. The Bertz CT molecular complexity index is 417. The summed E-state index contributed by atoms with van der Waals surface area (Å²) in [4.78, 5) is 11.0. The van der Waals surface area contributed by atoms with Crippen LogP contribution < -0.4 is 9.47 Å². The summed E-state index contributed by atoms with van der Waals surface area (Å²) in [6, 6.07) is 3.58. The van der Waals surface area contributed by atoms with Crippen LogP contribution in [0.1, 0.15) is 10.4 Å². The van der Waals surface area contributed by atoms with Crippen LogP contribution in [0.25, 0.3) is 0 Å². The predicted octanol–water partition coefficient (Wildman–Crippen LogP) is 1.18. The van der Waals surface area contributed by atoms with E-state index in [1.165, 1.54) is 12.1 Å². The van der Waals surface area contributed by atoms with Crippen molar-refractivity contribution >= 4 is 5.78 Å². The van der Waals surface area contributed by atoms with Gasteiger partial charge in [-0.2, -0.15) is 0 Å². The molecular weight excluding hydrogens is 210 g/mol. The number of fused-ring (bicyclic) bond motifs is 1. The topological polar surface area (TPSA) is 55.8 Å². The Morgan fingerprint density at radius 3 is 2.67 bits per heavy atom. The van der Waals surface area contributed by atoms with Crippen molar-refractivity contribution in [2.45, 2.75) is 6.29 Å². The van der Waals surface area contributed by atoms with Crippen molar-refractivity contribution < 1.29 is 28.2 Å². The quantitative estimate of drug-likeness (QED) is 0.754. The number of carbonyl (C=O) groups is 1. The number of aliphatic hydroxyl groups excluding tert-OH is 1. The zero-order chi connectivity index (χ0) is 11.1. The first-order valence-electron chi connectivity index (χ1n) is 4.06. The Labute approximate surface area is 83.0 Å². The van der Waals surface area contributed by atoms with Crippen LogP contribution in [0, 0.1) is 0 Å². The van der Waals surface area contributed by atoms with Gasteiger partial charge in [-0.15, -0.1) is 8.78 Å². The lowest BCUT2D eigenvalue weighted by Crippen LogP contribution is -2.25. The molecule has 1 N–H and O–H groups in total. The van der Waals surface area contributed by atoms with Gasteiger partial charge in [-0.3, -0.25) is 4.79 Å². The largest absolute Gasteiger partial charge is 0.586 e. The molecule has 1 aromatic carbocycles. The van der Waals surface area contributed by atoms with Crippen LogP contribution in [0.4, 0.5) is 8.78 Å². The molecule has 0 aliphatic carbocycles. The number of benzene rings is 1. The molecular formula is C9H6F2O4. The fraction of sp³-hybridized carbons (Fsp3) is 0.222. The van der Waals surface area contributed by atoms with Gasteiger partial charge in [-0.1, -0.05) is 0 Å². The summed E-state index contributed by atoms with van der Waals surface area (Å²) in [6.07, 6.45) is -3.69. The number of halogens is 2. The Morgan fingerprint density at radius 2 is 2.00 bits per heavy atom. The van der Waals surface area contributed by atoms with Gasteiger partial charge in [0.05, 0.1) is 0 Å². The van der Waals surface area contributed by atoms with Crippen LogP contribution in [-0.4, -0.2) is 23.8 Å². The summed E-state index contributed by atoms with van der Waals surface area (Å²) in [5.74, 6) is -0.912. The van der Waals surface area contributed by atoms with E-state index in [-0.39, 0.29) is 17.1 Å². The van der Waals surface area contributed by atoms with Crippen LogP contribution in [0.15, 0.2) is 18.2 Å². The molecule has 15 heavy (non-hydrogen) atoms. The Morgan fingerprint density at radius 1 is 1.33 bits per heavy atom. The molecule has 0 fully saturated rings. The summed E-state index contributed by atoms with van der Waals surface area (Å²) in [5, 5.41) is 8.57. The van der Waals surface area contributed by atoms with E-state index < -0.39 is 18.7 Å². The third-order valence-electron chi connectivity index (χ3n) is 1.87. The number of rotatable bonds is 2. The standard InChI is InChI=1S/C9H6F2O4/c10-9(11)14-7-2-1-5(6(13)4-12)3-8(7)15-9/h1-3,12H,4H2. The van der Waals surface area contributed by atoms with Gasteiger partial charge in [0, 0.05) is 5.56 Å². The van der Waals surface area contributed by atoms with Gasteiger partial charge in [0.1, 0.15) is 6.61 Å². The van der Waals surface area contributed by atoms with Crippen molar-refractivity contribution in [3.63, 3.8) is 0 Å². The van der Waals surface area contributed by atoms with Crippen molar-refractivity contribution in [3.05, 3.63) is 23.8 Å². The van der Waals surface area contributed by atoms with E-state index in [4.69, 9.17) is 5.11 Å². The molecule has 0 radical (unpaired) electrons. The number of ketones is 1. The third-order valence-corrected chi connectivity index (χ3v) is 1.87. The van der Waals surface area contributed by atoms with Gasteiger partial charge < -0.3 is 14.6 Å². The van der Waals surface area contributed by atoms with Crippen molar-refractivity contribution in [2.75, 3.05) is 6.61 Å². The summed E-state index contributed by atoms with van der Waals surface area (Å²) in [7, 11) is 0. The zero-order valence-corrected chi connectivity index (χ0v) is 7.37. The average Bonchev–Trinajstić information content (AvgIpc) is 2.49. The molecule has 0 unspecified atom stereocenters. The van der Waals surface area contributed by atoms with Gasteiger partial charge in [0.25, 0.3) is 0 Å². The molecule has 1 aliphatic rings. The number of hydrogen-bond donors (Lipinski definition) is 1. The smallest absolute Gasteiger partial charge is 0.395 e. The molecule has 1 heterocycles. The van der Waals surface area contributed by atoms with Crippen molar-refractivity contribution in [1.82, 2.24) is 0 Å². The molecule has 2 rings (SSSR count). The number of Topliss-reactive ketones (excluding diaryl/α,β-unsaturated/α-hetero) is 1. The summed E-state index contributed by atoms with van der Waals surface area (Å²) >= 11 is 0. The number of hydrogen-bond acceptors (Lipinski definition) is 4. The van der Waals surface area contributed by atoms with Crippen LogP contribution in [0.3, 0.4) is 0 Å². The Kier molecular flexibility index (Phi) is 2.08. The Hall–Kier alpha value is -1.69. The Balaban J connectivity index is 2.34. The van der Waals surface area contributed by atoms with E-state index in [0.717, 1.165) is 6.07 Å². The zero-order valence-electron chi connectivity index (χ0n) is 7.37. The highest BCUT2D eigenvalue weighted by Crippen LogP contribution is 2.41. The maximum absolute atomic E-state index is 12.6. The fourth-order valence-corrected chi connectivity index (χ4v) is 1.21. The summed E-state index contributed by atoms with van der Waals surface area (Å²) < 4.78 is 33.4. The maximum atomic E-state index is 12.6. The van der Waals surface area contributed by atoms with E-state index in [1.807, 2.05) is 0 Å². The minimum absolute atomic E-state index is 0.0950. The molecule has 4 nitrogen and oxygen atoms in total. The number of aliphatic hydroxyl groups is 1. The van der Waals surface area contributed by atoms with Crippen LogP contribution in [0.2, 0.25) is 0 Å². The second kappa shape index (κ2) is 3.16. The van der Waals surface area contributed by atoms with Crippen molar-refractivity contribution in [1.29, 1.82) is 0 Å². The van der Waals surface area contributed by atoms with Gasteiger partial charge >= 0.3 is 6.29 Å². The highest BCUT2D eigenvalue weighted by molar-refractivity contribution is 5.97. The lowest BCUT2D eigenvalue weighted by atomic mass is 10.1. The van der Waals surface area contributed by atoms with Gasteiger partial charge in [-0.05, 0) is 18.2 Å². The highest BCUT2D eigenvalue weighted by atomic mass is 19.3. The first kappa shape index (κ1) is 9.85. The van der Waals surface area contributed by atoms with Crippen molar-refractivity contribution in [2.24, 2.45) is 0 Å². The first-order valence-corrected chi connectivity index (χ1v) is 4.06. The second-order valence-corrected chi connectivity index (χ2v) is 2.91. The summed E-state index contributed by atoms with van der Waals surface area (Å²) in [5.41, 5.74) is 0.0950. The fourth-order valence-electron chi connectivity index (χ4n) is 1.21. The maximum Gasteiger partial charge on any atom is 0.586 e. The number of alkyl halides is 2. The SMILES string of the molecule is O=C(CO)c1ccc2c(c1)OC(F)(F)O2. The molecule has 1 aliphatic heterocycles. The van der Waals surface area contributed by atoms with E-state index in [0.29, 0.717) is 0 Å². The van der Waals surface area contributed by atoms with Crippen LogP contribution >= 0.6 is 0 Å². The highest BCUT2D eigenvalue weighted by Gasteiger charge is 2.43. The van der Waals surface area contributed by atoms with E-state index in [9.17, 15) is 13.6 Å². The van der Waals surface area contributed by atoms with Gasteiger partial charge in [0.15, 0.2) is 17.3 Å². The first-order chi connectivity index (χ1) is 7.02. The lowest BCUT2D eigenvalue weighted by Gasteiger charge is -2.04. The van der Waals surface area contributed by atoms with Crippen LogP contribution in [0.5, 0.6) is 11.5 Å². The number of carbonyl (C=O) groups excluding carboxylic acids is 1. The lowest BCUT2D eigenvalue weighted by molar-refractivity contribution is -0.286. The van der Waals surface area contributed by atoms with E-state index >= 15 is 0 Å². The average molecular weight is 216 g/mol. The molecule has 6 heteroatoms. The normalized spacial score (nSPS) is 16.5. The third kappa shape index (κ3) is 1.75. The second-order valence-electron chi connectivity index (χ2n) is 2.91. The molecule has 0 atom stereocenters.